The van der Waals surface area contributed by atoms with Crippen LogP contribution in [0.3, 0.4) is 0 Å². The number of hydrogen-bond donors (Lipinski definition) is 0. The van der Waals surface area contributed by atoms with Gasteiger partial charge in [0.2, 0.25) is 0 Å². The minimum absolute atomic E-state index is 0.320. The Kier molecular flexibility index (Phi) is 5.56. The van der Waals surface area contributed by atoms with E-state index in [4.69, 9.17) is 11.6 Å². The Bertz CT molecular complexity index is 789. The quantitative estimate of drug-likeness (QED) is 0.774. The van der Waals surface area contributed by atoms with Gasteiger partial charge in [0.05, 0.1) is 10.0 Å². The van der Waals surface area contributed by atoms with Crippen molar-refractivity contribution in [2.24, 2.45) is 7.05 Å². The molecule has 1 aliphatic heterocycles. The van der Waals surface area contributed by atoms with E-state index in [-0.39, 0.29) is 0 Å². The van der Waals surface area contributed by atoms with E-state index in [1.807, 2.05) is 13.2 Å². The number of thiophene rings is 1. The fourth-order valence-electron chi connectivity index (χ4n) is 2.76. The van der Waals surface area contributed by atoms with Crippen molar-refractivity contribution < 1.29 is 8.42 Å². The molecule has 0 N–H and O–H groups in total. The molecule has 1 aliphatic rings. The van der Waals surface area contributed by atoms with Gasteiger partial charge >= 0.3 is 0 Å². The number of sulfonamides is 1. The third kappa shape index (κ3) is 4.15. The fraction of sp³-hybridized carbons (Fsp3) is 0.571. The van der Waals surface area contributed by atoms with Crippen molar-refractivity contribution in [3.8, 4) is 0 Å². The molecule has 0 aliphatic carbocycles. The first-order chi connectivity index (χ1) is 11.4. The number of rotatable bonds is 5. The summed E-state index contributed by atoms with van der Waals surface area (Å²) in [7, 11) is -1.59. The summed E-state index contributed by atoms with van der Waals surface area (Å²) in [5.74, 6) is 0. The first kappa shape index (κ1) is 17.8. The molecule has 1 saturated heterocycles. The van der Waals surface area contributed by atoms with Crippen LogP contribution in [-0.4, -0.2) is 65.3 Å². The molecule has 24 heavy (non-hydrogen) atoms. The molecule has 3 rings (SSSR count). The van der Waals surface area contributed by atoms with E-state index >= 15 is 0 Å². The molecule has 0 bridgehead atoms. The third-order valence-corrected chi connectivity index (χ3v) is 7.62. The zero-order valence-corrected chi connectivity index (χ0v) is 15.8. The number of hydrogen-bond acceptors (Lipinski definition) is 6. The highest BCUT2D eigenvalue weighted by Gasteiger charge is 2.28. The van der Waals surface area contributed by atoms with Crippen LogP contribution in [0.2, 0.25) is 4.34 Å². The second-order valence-electron chi connectivity index (χ2n) is 5.79. The van der Waals surface area contributed by atoms with Gasteiger partial charge in [-0.3, -0.25) is 4.68 Å². The van der Waals surface area contributed by atoms with E-state index in [1.165, 1.54) is 0 Å². The molecule has 0 spiro atoms. The van der Waals surface area contributed by atoms with Gasteiger partial charge in [0.25, 0.3) is 10.0 Å². The molecule has 1 fully saturated rings. The highest BCUT2D eigenvalue weighted by Crippen LogP contribution is 2.28. The van der Waals surface area contributed by atoms with Crippen LogP contribution in [0.1, 0.15) is 12.1 Å². The number of aromatic nitrogens is 3. The van der Waals surface area contributed by atoms with Crippen LogP contribution in [0.15, 0.2) is 22.5 Å². The molecule has 0 atom stereocenters. The Morgan fingerprint density at radius 3 is 2.75 bits per heavy atom. The van der Waals surface area contributed by atoms with Crippen molar-refractivity contribution >= 4 is 33.0 Å². The van der Waals surface area contributed by atoms with Crippen molar-refractivity contribution in [2.45, 2.75) is 17.1 Å². The monoisotopic (exact) mass is 389 g/mol. The summed E-state index contributed by atoms with van der Waals surface area (Å²) in [6.45, 7) is 3.51. The summed E-state index contributed by atoms with van der Waals surface area (Å²) in [6, 6.07) is 3.21. The molecule has 7 nitrogen and oxygen atoms in total. The number of nitrogens with zero attached hydrogens (tertiary/aromatic N) is 5. The lowest BCUT2D eigenvalue weighted by atomic mass is 10.3. The van der Waals surface area contributed by atoms with E-state index in [1.54, 1.807) is 21.1 Å². The van der Waals surface area contributed by atoms with Crippen LogP contribution in [-0.2, 0) is 23.5 Å². The topological polar surface area (TPSA) is 71.3 Å². The highest BCUT2D eigenvalue weighted by molar-refractivity contribution is 7.91. The molecule has 0 radical (unpaired) electrons. The van der Waals surface area contributed by atoms with Crippen LogP contribution in [0.25, 0.3) is 0 Å². The minimum atomic E-state index is -3.44. The maximum Gasteiger partial charge on any atom is 0.252 e. The average Bonchev–Trinajstić information content (AvgIpc) is 3.07. The molecule has 0 aromatic carbocycles. The van der Waals surface area contributed by atoms with Crippen LogP contribution in [0.5, 0.6) is 0 Å². The van der Waals surface area contributed by atoms with Crippen LogP contribution < -0.4 is 0 Å². The Balaban J connectivity index is 1.58. The SMILES string of the molecule is Cn1cc(CCN2CCCN(S(=O)(=O)c3ccc(Cl)s3)CC2)nn1. The molecule has 2 aromatic heterocycles. The van der Waals surface area contributed by atoms with Gasteiger partial charge in [-0.1, -0.05) is 16.8 Å². The predicted octanol–water partition coefficient (Wildman–Crippen LogP) is 1.47. The van der Waals surface area contributed by atoms with Gasteiger partial charge < -0.3 is 4.90 Å². The van der Waals surface area contributed by atoms with Gasteiger partial charge in [0.1, 0.15) is 4.21 Å². The zero-order chi connectivity index (χ0) is 17.2. The maximum atomic E-state index is 12.7. The van der Waals surface area contributed by atoms with E-state index in [0.717, 1.165) is 49.5 Å². The van der Waals surface area contributed by atoms with Gasteiger partial charge in [-0.15, -0.1) is 16.4 Å². The molecular weight excluding hydrogens is 370 g/mol. The van der Waals surface area contributed by atoms with Crippen molar-refractivity contribution in [2.75, 3.05) is 32.7 Å². The van der Waals surface area contributed by atoms with Crippen LogP contribution in [0, 0.1) is 0 Å². The van der Waals surface area contributed by atoms with Gasteiger partial charge in [-0.05, 0) is 25.1 Å². The summed E-state index contributed by atoms with van der Waals surface area (Å²) >= 11 is 6.99. The predicted molar refractivity (Wildman–Crippen MR) is 93.9 cm³/mol. The van der Waals surface area contributed by atoms with E-state index in [9.17, 15) is 8.42 Å². The van der Waals surface area contributed by atoms with Crippen LogP contribution >= 0.6 is 22.9 Å². The van der Waals surface area contributed by atoms with Crippen LogP contribution in [0.4, 0.5) is 0 Å². The molecule has 2 aromatic rings. The molecule has 3 heterocycles. The number of halogens is 1. The Labute approximate surface area is 150 Å². The third-order valence-electron chi connectivity index (χ3n) is 4.02. The van der Waals surface area contributed by atoms with Gasteiger partial charge in [-0.2, -0.15) is 4.31 Å². The maximum absolute atomic E-state index is 12.7. The minimum Gasteiger partial charge on any atom is -0.302 e. The lowest BCUT2D eigenvalue weighted by Gasteiger charge is -2.20. The lowest BCUT2D eigenvalue weighted by Crippen LogP contribution is -2.35. The Morgan fingerprint density at radius 1 is 1.25 bits per heavy atom. The normalized spacial score (nSPS) is 17.9. The standard InChI is InChI=1S/C14H20ClN5O2S2/c1-18-11-12(16-17-18)5-8-19-6-2-7-20(10-9-19)24(21,22)14-4-3-13(15)23-14/h3-4,11H,2,5-10H2,1H3. The van der Waals surface area contributed by atoms with E-state index < -0.39 is 10.0 Å². The lowest BCUT2D eigenvalue weighted by molar-refractivity contribution is 0.289. The van der Waals surface area contributed by atoms with E-state index in [2.05, 4.69) is 15.2 Å². The first-order valence-electron chi connectivity index (χ1n) is 7.78. The van der Waals surface area contributed by atoms with Gasteiger partial charge in [0.15, 0.2) is 0 Å². The summed E-state index contributed by atoms with van der Waals surface area (Å²) < 4.78 is 29.4. The fourth-order valence-corrected chi connectivity index (χ4v) is 5.86. The molecular formula is C14H20ClN5O2S2. The first-order valence-corrected chi connectivity index (χ1v) is 10.4. The molecule has 0 saturated carbocycles. The average molecular weight is 390 g/mol. The smallest absolute Gasteiger partial charge is 0.252 e. The largest absolute Gasteiger partial charge is 0.302 e. The Hall–Kier alpha value is -1.00. The summed E-state index contributed by atoms with van der Waals surface area (Å²) in [5, 5.41) is 8.02. The summed E-state index contributed by atoms with van der Waals surface area (Å²) in [5.41, 5.74) is 0.958. The van der Waals surface area contributed by atoms with Crippen molar-refractivity contribution in [1.82, 2.24) is 24.2 Å². The second kappa shape index (κ2) is 7.49. The molecule has 0 unspecified atom stereocenters. The van der Waals surface area contributed by atoms with Crippen molar-refractivity contribution in [3.63, 3.8) is 0 Å². The van der Waals surface area contributed by atoms with Crippen molar-refractivity contribution in [3.05, 3.63) is 28.4 Å². The Morgan fingerprint density at radius 2 is 2.08 bits per heavy atom. The number of aryl methyl sites for hydroxylation is 1. The zero-order valence-electron chi connectivity index (χ0n) is 13.4. The summed E-state index contributed by atoms with van der Waals surface area (Å²) in [6.07, 6.45) is 3.55. The molecule has 10 heteroatoms. The van der Waals surface area contributed by atoms with Gasteiger partial charge in [0, 0.05) is 45.8 Å². The molecule has 0 amide bonds. The van der Waals surface area contributed by atoms with Crippen molar-refractivity contribution in [1.29, 1.82) is 0 Å². The molecule has 132 valence electrons. The second-order valence-corrected chi connectivity index (χ2v) is 9.67. The van der Waals surface area contributed by atoms with E-state index in [0.29, 0.717) is 21.6 Å². The van der Waals surface area contributed by atoms with Gasteiger partial charge in [-0.25, -0.2) is 8.42 Å². The highest BCUT2D eigenvalue weighted by atomic mass is 35.5. The summed E-state index contributed by atoms with van der Waals surface area (Å²) in [4.78, 5) is 2.28.